The van der Waals surface area contributed by atoms with Gasteiger partial charge in [-0.1, -0.05) is 11.6 Å². The number of hydrogen-bond acceptors (Lipinski definition) is 6. The third kappa shape index (κ3) is 2.68. The lowest BCUT2D eigenvalue weighted by molar-refractivity contribution is -0.402. The first kappa shape index (κ1) is 14.2. The molecule has 0 spiro atoms. The summed E-state index contributed by atoms with van der Waals surface area (Å²) in [6.45, 7) is 0.817. The SMILES string of the molecule is O=C(Nc1cc2c(cc1Cl)OCCO2)c1ccc([N+](=O)[O-])o1. The number of furan rings is 1. The summed E-state index contributed by atoms with van der Waals surface area (Å²) in [6, 6.07) is 5.35. The van der Waals surface area contributed by atoms with E-state index in [0.717, 1.165) is 6.07 Å². The van der Waals surface area contributed by atoms with Gasteiger partial charge in [0.15, 0.2) is 17.3 Å². The van der Waals surface area contributed by atoms with Crippen LogP contribution in [0.2, 0.25) is 5.02 Å². The summed E-state index contributed by atoms with van der Waals surface area (Å²) >= 11 is 6.06. The second-order valence-electron chi connectivity index (χ2n) is 4.32. The van der Waals surface area contributed by atoms with Crippen LogP contribution in [0.25, 0.3) is 0 Å². The van der Waals surface area contributed by atoms with Crippen LogP contribution in [0.5, 0.6) is 11.5 Å². The van der Waals surface area contributed by atoms with Crippen LogP contribution >= 0.6 is 11.6 Å². The summed E-state index contributed by atoms with van der Waals surface area (Å²) in [5.74, 6) is -0.429. The molecule has 1 N–H and O–H groups in total. The highest BCUT2D eigenvalue weighted by atomic mass is 35.5. The average molecular weight is 325 g/mol. The van der Waals surface area contributed by atoms with Crippen molar-refractivity contribution in [2.24, 2.45) is 0 Å². The summed E-state index contributed by atoms with van der Waals surface area (Å²) < 4.78 is 15.6. The number of anilines is 1. The first-order valence-electron chi connectivity index (χ1n) is 6.19. The number of fused-ring (bicyclic) bond motifs is 1. The van der Waals surface area contributed by atoms with E-state index in [1.165, 1.54) is 18.2 Å². The largest absolute Gasteiger partial charge is 0.486 e. The fourth-order valence-corrected chi connectivity index (χ4v) is 2.09. The lowest BCUT2D eigenvalue weighted by Crippen LogP contribution is -2.16. The Morgan fingerprint density at radius 1 is 1.23 bits per heavy atom. The van der Waals surface area contributed by atoms with Crippen LogP contribution in [0.1, 0.15) is 10.6 Å². The molecule has 1 aliphatic rings. The molecular weight excluding hydrogens is 316 g/mol. The van der Waals surface area contributed by atoms with Crippen LogP contribution < -0.4 is 14.8 Å². The highest BCUT2D eigenvalue weighted by Gasteiger charge is 2.20. The van der Waals surface area contributed by atoms with E-state index < -0.39 is 16.7 Å². The number of ether oxygens (including phenoxy) is 2. The van der Waals surface area contributed by atoms with Gasteiger partial charge in [0.2, 0.25) is 0 Å². The third-order valence-electron chi connectivity index (χ3n) is 2.88. The van der Waals surface area contributed by atoms with E-state index in [-0.39, 0.29) is 16.5 Å². The predicted molar refractivity (Wildman–Crippen MR) is 75.8 cm³/mol. The van der Waals surface area contributed by atoms with Gasteiger partial charge in [-0.3, -0.25) is 14.9 Å². The summed E-state index contributed by atoms with van der Waals surface area (Å²) in [5.41, 5.74) is 0.287. The van der Waals surface area contributed by atoms with E-state index in [0.29, 0.717) is 24.7 Å². The number of hydrogen-bond donors (Lipinski definition) is 1. The number of carbonyl (C=O) groups is 1. The Kier molecular flexibility index (Phi) is 3.60. The molecule has 1 amide bonds. The first-order valence-corrected chi connectivity index (χ1v) is 6.57. The molecular formula is C13H9ClN2O6. The molecule has 1 aromatic carbocycles. The fourth-order valence-electron chi connectivity index (χ4n) is 1.89. The second-order valence-corrected chi connectivity index (χ2v) is 4.73. The van der Waals surface area contributed by atoms with Gasteiger partial charge < -0.3 is 19.2 Å². The maximum absolute atomic E-state index is 12.0. The Morgan fingerprint density at radius 2 is 1.91 bits per heavy atom. The fraction of sp³-hybridized carbons (Fsp3) is 0.154. The Morgan fingerprint density at radius 3 is 2.55 bits per heavy atom. The average Bonchev–Trinajstić information content (AvgIpc) is 2.98. The van der Waals surface area contributed by atoms with Crippen molar-refractivity contribution >= 4 is 29.1 Å². The van der Waals surface area contributed by atoms with E-state index in [4.69, 9.17) is 25.5 Å². The van der Waals surface area contributed by atoms with Gasteiger partial charge >= 0.3 is 5.88 Å². The quantitative estimate of drug-likeness (QED) is 0.687. The number of benzene rings is 1. The number of nitrogens with one attached hydrogen (secondary N) is 1. The van der Waals surface area contributed by atoms with Crippen LogP contribution in [0.3, 0.4) is 0 Å². The molecule has 0 saturated heterocycles. The number of nitrogens with zero attached hydrogens (tertiary/aromatic N) is 1. The van der Waals surface area contributed by atoms with Crippen molar-refractivity contribution in [2.45, 2.75) is 0 Å². The summed E-state index contributed by atoms with van der Waals surface area (Å²) in [7, 11) is 0. The molecule has 0 fully saturated rings. The van der Waals surface area contributed by atoms with Crippen LogP contribution in [-0.4, -0.2) is 24.0 Å². The zero-order valence-electron chi connectivity index (χ0n) is 11.0. The van der Waals surface area contributed by atoms with Crippen LogP contribution in [0.15, 0.2) is 28.7 Å². The smallest absolute Gasteiger partial charge is 0.433 e. The van der Waals surface area contributed by atoms with Crippen LogP contribution in [0.4, 0.5) is 11.6 Å². The van der Waals surface area contributed by atoms with E-state index in [1.54, 1.807) is 0 Å². The minimum Gasteiger partial charge on any atom is -0.486 e. The Bertz CT molecular complexity index is 757. The van der Waals surface area contributed by atoms with Gasteiger partial charge in [0.05, 0.1) is 16.8 Å². The Hall–Kier alpha value is -2.74. The molecule has 0 bridgehead atoms. The molecule has 0 saturated carbocycles. The number of amides is 1. The van der Waals surface area contributed by atoms with Crippen molar-refractivity contribution in [3.8, 4) is 11.5 Å². The molecule has 0 aliphatic carbocycles. The summed E-state index contributed by atoms with van der Waals surface area (Å²) in [5, 5.41) is 13.3. The number of nitro groups is 1. The molecule has 22 heavy (non-hydrogen) atoms. The lowest BCUT2D eigenvalue weighted by Gasteiger charge is -2.19. The molecule has 0 unspecified atom stereocenters. The van der Waals surface area contributed by atoms with Gasteiger partial charge in [-0.25, -0.2) is 0 Å². The van der Waals surface area contributed by atoms with E-state index in [2.05, 4.69) is 5.32 Å². The monoisotopic (exact) mass is 324 g/mol. The van der Waals surface area contributed by atoms with Gasteiger partial charge in [-0.2, -0.15) is 0 Å². The van der Waals surface area contributed by atoms with Crippen molar-refractivity contribution in [3.05, 3.63) is 45.2 Å². The highest BCUT2D eigenvalue weighted by Crippen LogP contribution is 2.38. The van der Waals surface area contributed by atoms with Crippen molar-refractivity contribution in [1.82, 2.24) is 0 Å². The van der Waals surface area contributed by atoms with Crippen molar-refractivity contribution in [2.75, 3.05) is 18.5 Å². The molecule has 9 heteroatoms. The lowest BCUT2D eigenvalue weighted by atomic mass is 10.2. The van der Waals surface area contributed by atoms with E-state index in [9.17, 15) is 14.9 Å². The first-order chi connectivity index (χ1) is 10.5. The Labute approximate surface area is 128 Å². The Balaban J connectivity index is 1.82. The molecule has 1 aliphatic heterocycles. The van der Waals surface area contributed by atoms with Gasteiger partial charge in [-0.05, 0) is 6.07 Å². The molecule has 1 aromatic heterocycles. The molecule has 0 atom stereocenters. The molecule has 0 radical (unpaired) electrons. The molecule has 3 rings (SSSR count). The predicted octanol–water partition coefficient (Wildman–Crippen LogP) is 2.86. The van der Waals surface area contributed by atoms with E-state index in [1.807, 2.05) is 0 Å². The van der Waals surface area contributed by atoms with Gasteiger partial charge in [-0.15, -0.1) is 0 Å². The minimum atomic E-state index is -0.728. The molecule has 114 valence electrons. The molecule has 2 aromatic rings. The van der Waals surface area contributed by atoms with Crippen molar-refractivity contribution < 1.29 is 23.6 Å². The number of rotatable bonds is 3. The third-order valence-corrected chi connectivity index (χ3v) is 3.19. The highest BCUT2D eigenvalue weighted by molar-refractivity contribution is 6.34. The van der Waals surface area contributed by atoms with E-state index >= 15 is 0 Å². The normalized spacial score (nSPS) is 12.8. The summed E-state index contributed by atoms with van der Waals surface area (Å²) in [4.78, 5) is 21.8. The van der Waals surface area contributed by atoms with Gasteiger partial charge in [0, 0.05) is 12.1 Å². The maximum atomic E-state index is 12.0. The topological polar surface area (TPSA) is 104 Å². The molecule has 8 nitrogen and oxygen atoms in total. The minimum absolute atomic E-state index is 0.197. The van der Waals surface area contributed by atoms with Crippen LogP contribution in [0, 0.1) is 10.1 Å². The summed E-state index contributed by atoms with van der Waals surface area (Å²) in [6.07, 6.45) is 0. The number of carbonyl (C=O) groups excluding carboxylic acids is 1. The van der Waals surface area contributed by atoms with Crippen LogP contribution in [-0.2, 0) is 0 Å². The second kappa shape index (κ2) is 5.57. The maximum Gasteiger partial charge on any atom is 0.433 e. The van der Waals surface area contributed by atoms with Gasteiger partial charge in [0.25, 0.3) is 5.91 Å². The standard InChI is InChI=1S/C13H9ClN2O6/c14-7-5-10-11(21-4-3-20-10)6-8(7)15-13(17)9-1-2-12(22-9)16(18)19/h1-2,5-6H,3-4H2,(H,15,17). The van der Waals surface area contributed by atoms with Crippen molar-refractivity contribution in [1.29, 1.82) is 0 Å². The number of halogens is 1. The van der Waals surface area contributed by atoms with Gasteiger partial charge in [0.1, 0.15) is 18.1 Å². The molecule has 2 heterocycles. The van der Waals surface area contributed by atoms with Crippen molar-refractivity contribution in [3.63, 3.8) is 0 Å². The zero-order chi connectivity index (χ0) is 15.7. The zero-order valence-corrected chi connectivity index (χ0v) is 11.8.